The fraction of sp³-hybridized carbons (Fsp3) is 0.857. The first-order chi connectivity index (χ1) is 5.99. The summed E-state index contributed by atoms with van der Waals surface area (Å²) in [6.45, 7) is 0.466. The van der Waals surface area contributed by atoms with Gasteiger partial charge in [-0.05, 0) is 0 Å². The molecule has 0 fully saturated rings. The van der Waals surface area contributed by atoms with E-state index < -0.39 is 24.9 Å². The summed E-state index contributed by atoms with van der Waals surface area (Å²) in [5.74, 6) is -0.343. The van der Waals surface area contributed by atoms with Crippen molar-refractivity contribution in [2.75, 3.05) is 13.2 Å². The van der Waals surface area contributed by atoms with Crippen molar-refractivity contribution in [2.45, 2.75) is 25.2 Å². The van der Waals surface area contributed by atoms with Crippen LogP contribution in [0.15, 0.2) is 0 Å². The molecule has 0 rings (SSSR count). The van der Waals surface area contributed by atoms with Crippen molar-refractivity contribution >= 4 is 5.91 Å². The minimum absolute atomic E-state index is 0.159. The highest BCUT2D eigenvalue weighted by Crippen LogP contribution is 1.98. The third-order valence-corrected chi connectivity index (χ3v) is 1.54. The molecule has 0 saturated heterocycles. The molecule has 1 amide bonds. The van der Waals surface area contributed by atoms with Crippen molar-refractivity contribution in [1.29, 1.82) is 0 Å². The van der Waals surface area contributed by atoms with E-state index in [0.717, 1.165) is 0 Å². The van der Waals surface area contributed by atoms with Gasteiger partial charge in [-0.15, -0.1) is 0 Å². The third kappa shape index (κ3) is 4.79. The van der Waals surface area contributed by atoms with Crippen LogP contribution < -0.4 is 5.32 Å². The zero-order valence-electron chi connectivity index (χ0n) is 7.34. The van der Waals surface area contributed by atoms with Crippen LogP contribution in [0.5, 0.6) is 0 Å². The Bertz CT molecular complexity index is 163. The van der Waals surface area contributed by atoms with E-state index in [1.165, 1.54) is 6.92 Å². The zero-order valence-corrected chi connectivity index (χ0v) is 7.34. The number of carbonyl (C=O) groups is 1. The summed E-state index contributed by atoms with van der Waals surface area (Å²) in [5.41, 5.74) is 0. The predicted molar refractivity (Wildman–Crippen MR) is 43.8 cm³/mol. The Kier molecular flexibility index (Phi) is 5.56. The molecular formula is C7H15NO5. The van der Waals surface area contributed by atoms with E-state index in [0.29, 0.717) is 0 Å². The summed E-state index contributed by atoms with van der Waals surface area (Å²) in [7, 11) is 0. The molecular weight excluding hydrogens is 178 g/mol. The van der Waals surface area contributed by atoms with E-state index in [9.17, 15) is 4.79 Å². The number of amides is 1. The molecule has 0 aliphatic heterocycles. The maximum Gasteiger partial charge on any atom is 0.216 e. The molecule has 6 heteroatoms. The van der Waals surface area contributed by atoms with Gasteiger partial charge in [-0.1, -0.05) is 0 Å². The van der Waals surface area contributed by atoms with Gasteiger partial charge in [0.2, 0.25) is 5.91 Å². The maximum absolute atomic E-state index is 10.4. The molecule has 6 nitrogen and oxygen atoms in total. The highest BCUT2D eigenvalue weighted by Gasteiger charge is 2.23. The van der Waals surface area contributed by atoms with Gasteiger partial charge in [0.25, 0.3) is 0 Å². The average Bonchev–Trinajstić information content (AvgIpc) is 2.11. The topological polar surface area (TPSA) is 110 Å². The van der Waals surface area contributed by atoms with Gasteiger partial charge in [-0.3, -0.25) is 4.79 Å². The number of aliphatic hydroxyl groups is 4. The fourth-order valence-corrected chi connectivity index (χ4v) is 0.733. The van der Waals surface area contributed by atoms with E-state index >= 15 is 0 Å². The van der Waals surface area contributed by atoms with Gasteiger partial charge in [0.05, 0.1) is 12.7 Å². The Balaban J connectivity index is 3.81. The number of aliphatic hydroxyl groups excluding tert-OH is 4. The van der Waals surface area contributed by atoms with Crippen molar-refractivity contribution in [3.8, 4) is 0 Å². The van der Waals surface area contributed by atoms with Crippen LogP contribution in [0.2, 0.25) is 0 Å². The van der Waals surface area contributed by atoms with Crippen molar-refractivity contribution in [2.24, 2.45) is 0 Å². The van der Waals surface area contributed by atoms with Crippen molar-refractivity contribution in [3.05, 3.63) is 0 Å². The van der Waals surface area contributed by atoms with Gasteiger partial charge in [-0.2, -0.15) is 0 Å². The first-order valence-corrected chi connectivity index (χ1v) is 3.88. The quantitative estimate of drug-likeness (QED) is 0.324. The van der Waals surface area contributed by atoms with E-state index in [1.807, 2.05) is 0 Å². The van der Waals surface area contributed by atoms with Gasteiger partial charge in [0.1, 0.15) is 12.2 Å². The number of rotatable bonds is 5. The predicted octanol–water partition coefficient (Wildman–Crippen LogP) is -2.80. The number of carbonyl (C=O) groups excluding carboxylic acids is 1. The van der Waals surface area contributed by atoms with Crippen molar-refractivity contribution in [1.82, 2.24) is 5.32 Å². The Morgan fingerprint density at radius 2 is 1.85 bits per heavy atom. The van der Waals surface area contributed by atoms with E-state index in [1.54, 1.807) is 0 Å². The summed E-state index contributed by atoms with van der Waals surface area (Å²) in [6, 6.07) is 0. The van der Waals surface area contributed by atoms with Crippen molar-refractivity contribution < 1.29 is 25.2 Å². The Morgan fingerprint density at radius 1 is 1.31 bits per heavy atom. The summed E-state index contributed by atoms with van der Waals surface area (Å²) in [5, 5.41) is 37.8. The second kappa shape index (κ2) is 5.87. The molecule has 13 heavy (non-hydrogen) atoms. The molecule has 0 heterocycles. The lowest BCUT2D eigenvalue weighted by Crippen LogP contribution is -2.45. The minimum atomic E-state index is -1.46. The lowest BCUT2D eigenvalue weighted by molar-refractivity contribution is -0.120. The summed E-state index contributed by atoms with van der Waals surface area (Å²) >= 11 is 0. The standard InChI is InChI=1S/C7H15NO5/c1-4(10)8-2-5(11)7(13)6(12)3-9/h5-7,9,11-13H,2-3H2,1H3,(H,8,10)/t5-,6?,7-/m1/s1. The highest BCUT2D eigenvalue weighted by molar-refractivity contribution is 5.72. The van der Waals surface area contributed by atoms with Crippen LogP contribution in [0, 0.1) is 0 Å². The molecule has 0 aromatic heterocycles. The molecule has 1 unspecified atom stereocenters. The van der Waals surface area contributed by atoms with Crippen LogP contribution in [0.1, 0.15) is 6.92 Å². The summed E-state index contributed by atoms with van der Waals surface area (Å²) < 4.78 is 0. The Hall–Kier alpha value is -0.690. The van der Waals surface area contributed by atoms with Gasteiger partial charge < -0.3 is 25.7 Å². The van der Waals surface area contributed by atoms with Gasteiger partial charge in [0.15, 0.2) is 0 Å². The fourth-order valence-electron chi connectivity index (χ4n) is 0.733. The van der Waals surface area contributed by atoms with Gasteiger partial charge in [0, 0.05) is 13.5 Å². The van der Waals surface area contributed by atoms with E-state index in [2.05, 4.69) is 5.32 Å². The Labute approximate surface area is 75.8 Å². The van der Waals surface area contributed by atoms with Crippen LogP contribution in [-0.2, 0) is 4.79 Å². The lowest BCUT2D eigenvalue weighted by Gasteiger charge is -2.21. The summed E-state index contributed by atoms with van der Waals surface area (Å²) in [4.78, 5) is 10.4. The SMILES string of the molecule is CC(=O)NC[C@@H](O)[C@@H](O)C(O)CO. The second-order valence-electron chi connectivity index (χ2n) is 2.74. The molecule has 0 aromatic carbocycles. The number of hydrogen-bond acceptors (Lipinski definition) is 5. The molecule has 0 radical (unpaired) electrons. The average molecular weight is 193 g/mol. The molecule has 0 spiro atoms. The van der Waals surface area contributed by atoms with Crippen molar-refractivity contribution in [3.63, 3.8) is 0 Å². The zero-order chi connectivity index (χ0) is 10.4. The molecule has 0 aliphatic carbocycles. The van der Waals surface area contributed by atoms with Crippen LogP contribution in [0.4, 0.5) is 0 Å². The highest BCUT2D eigenvalue weighted by atomic mass is 16.4. The third-order valence-electron chi connectivity index (χ3n) is 1.54. The first-order valence-electron chi connectivity index (χ1n) is 3.88. The molecule has 0 bridgehead atoms. The normalized spacial score (nSPS) is 17.6. The smallest absolute Gasteiger partial charge is 0.216 e. The molecule has 78 valence electrons. The second-order valence-corrected chi connectivity index (χ2v) is 2.74. The van der Waals surface area contributed by atoms with Crippen LogP contribution in [-0.4, -0.2) is 57.8 Å². The van der Waals surface area contributed by atoms with Crippen LogP contribution in [0.25, 0.3) is 0 Å². The summed E-state index contributed by atoms with van der Waals surface area (Å²) in [6.07, 6.45) is -4.15. The minimum Gasteiger partial charge on any atom is -0.394 e. The van der Waals surface area contributed by atoms with E-state index in [-0.39, 0.29) is 12.5 Å². The first kappa shape index (κ1) is 12.3. The number of nitrogens with one attached hydrogen (secondary N) is 1. The van der Waals surface area contributed by atoms with Gasteiger partial charge >= 0.3 is 0 Å². The molecule has 0 aliphatic rings. The monoisotopic (exact) mass is 193 g/mol. The maximum atomic E-state index is 10.4. The van der Waals surface area contributed by atoms with Crippen LogP contribution in [0.3, 0.4) is 0 Å². The molecule has 3 atom stereocenters. The lowest BCUT2D eigenvalue weighted by atomic mass is 10.1. The van der Waals surface area contributed by atoms with Crippen LogP contribution >= 0.6 is 0 Å². The van der Waals surface area contributed by atoms with Gasteiger partial charge in [-0.25, -0.2) is 0 Å². The molecule has 0 saturated carbocycles. The van der Waals surface area contributed by atoms with E-state index in [4.69, 9.17) is 20.4 Å². The Morgan fingerprint density at radius 3 is 2.23 bits per heavy atom. The number of hydrogen-bond donors (Lipinski definition) is 5. The molecule has 5 N–H and O–H groups in total. The largest absolute Gasteiger partial charge is 0.394 e. The molecule has 0 aromatic rings.